The molecule has 11 heavy (non-hydrogen) atoms. The van der Waals surface area contributed by atoms with Gasteiger partial charge in [-0.2, -0.15) is 0 Å². The number of hydrogen-bond donors (Lipinski definition) is 1. The Kier molecular flexibility index (Phi) is 3.83. The molecule has 0 saturated carbocycles. The van der Waals surface area contributed by atoms with Gasteiger partial charge in [-0.1, -0.05) is 0 Å². The van der Waals surface area contributed by atoms with Crippen molar-refractivity contribution in [2.75, 3.05) is 26.9 Å². The summed E-state index contributed by atoms with van der Waals surface area (Å²) in [4.78, 5) is 0. The standard InChI is InChI=1S/C8H17NO2/c1-10-4-3-8(9)7-2-5-11-6-7/h7-8H,2-6,9H2,1H3. The van der Waals surface area contributed by atoms with Crippen molar-refractivity contribution >= 4 is 0 Å². The summed E-state index contributed by atoms with van der Waals surface area (Å²) in [7, 11) is 1.71. The molecule has 3 nitrogen and oxygen atoms in total. The molecule has 2 N–H and O–H groups in total. The lowest BCUT2D eigenvalue weighted by Gasteiger charge is -2.16. The lowest BCUT2D eigenvalue weighted by Crippen LogP contribution is -2.31. The molecule has 0 amide bonds. The molecule has 1 aliphatic rings. The highest BCUT2D eigenvalue weighted by Crippen LogP contribution is 2.16. The van der Waals surface area contributed by atoms with Gasteiger partial charge in [0, 0.05) is 26.4 Å². The molecule has 1 heterocycles. The SMILES string of the molecule is COCCC(N)C1CCOC1. The zero-order chi connectivity index (χ0) is 8.10. The summed E-state index contributed by atoms with van der Waals surface area (Å²) >= 11 is 0. The molecule has 0 aromatic rings. The van der Waals surface area contributed by atoms with E-state index in [9.17, 15) is 0 Å². The third kappa shape index (κ3) is 2.77. The van der Waals surface area contributed by atoms with E-state index in [1.807, 2.05) is 0 Å². The quantitative estimate of drug-likeness (QED) is 0.645. The maximum absolute atomic E-state index is 5.91. The van der Waals surface area contributed by atoms with E-state index in [2.05, 4.69) is 0 Å². The zero-order valence-corrected chi connectivity index (χ0v) is 7.08. The topological polar surface area (TPSA) is 44.5 Å². The van der Waals surface area contributed by atoms with Gasteiger partial charge in [0.25, 0.3) is 0 Å². The molecule has 1 fully saturated rings. The van der Waals surface area contributed by atoms with Gasteiger partial charge in [0.1, 0.15) is 0 Å². The Morgan fingerprint density at radius 2 is 2.55 bits per heavy atom. The monoisotopic (exact) mass is 159 g/mol. The molecule has 1 rings (SSSR count). The Morgan fingerprint density at radius 1 is 1.73 bits per heavy atom. The summed E-state index contributed by atoms with van der Waals surface area (Å²) in [6.07, 6.45) is 2.06. The Bertz CT molecular complexity index is 102. The molecule has 0 spiro atoms. The first-order valence-electron chi connectivity index (χ1n) is 4.17. The first-order valence-corrected chi connectivity index (χ1v) is 4.17. The lowest BCUT2D eigenvalue weighted by atomic mass is 9.98. The molecule has 66 valence electrons. The highest BCUT2D eigenvalue weighted by Gasteiger charge is 2.21. The fraction of sp³-hybridized carbons (Fsp3) is 1.00. The normalized spacial score (nSPS) is 27.3. The van der Waals surface area contributed by atoms with Gasteiger partial charge in [0.2, 0.25) is 0 Å². The van der Waals surface area contributed by atoms with Crippen molar-refractivity contribution in [3.63, 3.8) is 0 Å². The van der Waals surface area contributed by atoms with Gasteiger partial charge in [-0.3, -0.25) is 0 Å². The maximum atomic E-state index is 5.91. The second kappa shape index (κ2) is 4.70. The van der Waals surface area contributed by atoms with E-state index in [1.165, 1.54) is 0 Å². The first-order chi connectivity index (χ1) is 5.34. The van der Waals surface area contributed by atoms with Crippen molar-refractivity contribution in [1.82, 2.24) is 0 Å². The van der Waals surface area contributed by atoms with Crippen molar-refractivity contribution in [3.8, 4) is 0 Å². The molecular weight excluding hydrogens is 142 g/mol. The molecule has 0 bridgehead atoms. The van der Waals surface area contributed by atoms with E-state index < -0.39 is 0 Å². The molecule has 3 heteroatoms. The fourth-order valence-corrected chi connectivity index (χ4v) is 1.38. The van der Waals surface area contributed by atoms with Gasteiger partial charge in [-0.25, -0.2) is 0 Å². The second-order valence-electron chi connectivity index (χ2n) is 3.07. The Labute approximate surface area is 67.9 Å². The molecule has 0 aromatic heterocycles. The van der Waals surface area contributed by atoms with Crippen molar-refractivity contribution in [3.05, 3.63) is 0 Å². The minimum Gasteiger partial charge on any atom is -0.385 e. The molecule has 0 radical (unpaired) electrons. The maximum Gasteiger partial charge on any atom is 0.0509 e. The van der Waals surface area contributed by atoms with Crippen LogP contribution in [0.25, 0.3) is 0 Å². The van der Waals surface area contributed by atoms with Crippen LogP contribution in [-0.4, -0.2) is 33.0 Å². The number of hydrogen-bond acceptors (Lipinski definition) is 3. The van der Waals surface area contributed by atoms with Gasteiger partial charge >= 0.3 is 0 Å². The highest BCUT2D eigenvalue weighted by molar-refractivity contribution is 4.75. The van der Waals surface area contributed by atoms with Crippen LogP contribution in [-0.2, 0) is 9.47 Å². The lowest BCUT2D eigenvalue weighted by molar-refractivity contribution is 0.161. The van der Waals surface area contributed by atoms with Crippen LogP contribution in [0, 0.1) is 5.92 Å². The third-order valence-electron chi connectivity index (χ3n) is 2.23. The van der Waals surface area contributed by atoms with Crippen molar-refractivity contribution < 1.29 is 9.47 Å². The average Bonchev–Trinajstić information content (AvgIpc) is 2.52. The molecule has 0 aromatic carbocycles. The van der Waals surface area contributed by atoms with Crippen LogP contribution in [0.5, 0.6) is 0 Å². The zero-order valence-electron chi connectivity index (χ0n) is 7.08. The number of ether oxygens (including phenoxy) is 2. The van der Waals surface area contributed by atoms with E-state index in [1.54, 1.807) is 7.11 Å². The summed E-state index contributed by atoms with van der Waals surface area (Å²) in [5.41, 5.74) is 5.91. The van der Waals surface area contributed by atoms with E-state index in [0.717, 1.165) is 32.7 Å². The van der Waals surface area contributed by atoms with Gasteiger partial charge in [-0.15, -0.1) is 0 Å². The van der Waals surface area contributed by atoms with E-state index in [0.29, 0.717) is 5.92 Å². The first kappa shape index (κ1) is 8.97. The van der Waals surface area contributed by atoms with Crippen LogP contribution in [0.2, 0.25) is 0 Å². The molecule has 0 aliphatic carbocycles. The Hall–Kier alpha value is -0.120. The van der Waals surface area contributed by atoms with E-state index in [4.69, 9.17) is 15.2 Å². The number of rotatable bonds is 4. The third-order valence-corrected chi connectivity index (χ3v) is 2.23. The summed E-state index contributed by atoms with van der Waals surface area (Å²) in [6.45, 7) is 2.48. The predicted octanol–water partition coefficient (Wildman–Crippen LogP) is 0.387. The number of nitrogens with two attached hydrogens (primary N) is 1. The summed E-state index contributed by atoms with van der Waals surface area (Å²) in [5, 5.41) is 0. The predicted molar refractivity (Wildman–Crippen MR) is 43.4 cm³/mol. The fourth-order valence-electron chi connectivity index (χ4n) is 1.38. The molecule has 1 saturated heterocycles. The molecular formula is C8H17NO2. The highest BCUT2D eigenvalue weighted by atomic mass is 16.5. The largest absolute Gasteiger partial charge is 0.385 e. The minimum absolute atomic E-state index is 0.262. The Balaban J connectivity index is 2.12. The smallest absolute Gasteiger partial charge is 0.0509 e. The van der Waals surface area contributed by atoms with Crippen LogP contribution in [0.15, 0.2) is 0 Å². The Morgan fingerprint density at radius 3 is 3.09 bits per heavy atom. The summed E-state index contributed by atoms with van der Waals surface area (Å²) in [6, 6.07) is 0.262. The molecule has 2 atom stereocenters. The van der Waals surface area contributed by atoms with Gasteiger partial charge in [-0.05, 0) is 18.8 Å². The van der Waals surface area contributed by atoms with Gasteiger partial charge in [0.15, 0.2) is 0 Å². The van der Waals surface area contributed by atoms with Gasteiger partial charge in [0.05, 0.1) is 6.61 Å². The van der Waals surface area contributed by atoms with Crippen LogP contribution in [0.1, 0.15) is 12.8 Å². The molecule has 1 aliphatic heterocycles. The van der Waals surface area contributed by atoms with E-state index >= 15 is 0 Å². The van der Waals surface area contributed by atoms with Crippen molar-refractivity contribution in [1.29, 1.82) is 0 Å². The summed E-state index contributed by atoms with van der Waals surface area (Å²) < 4.78 is 10.2. The van der Waals surface area contributed by atoms with Crippen molar-refractivity contribution in [2.45, 2.75) is 18.9 Å². The van der Waals surface area contributed by atoms with Crippen LogP contribution < -0.4 is 5.73 Å². The van der Waals surface area contributed by atoms with Crippen molar-refractivity contribution in [2.24, 2.45) is 11.7 Å². The van der Waals surface area contributed by atoms with Crippen LogP contribution >= 0.6 is 0 Å². The second-order valence-corrected chi connectivity index (χ2v) is 3.07. The van der Waals surface area contributed by atoms with E-state index in [-0.39, 0.29) is 6.04 Å². The van der Waals surface area contributed by atoms with Crippen LogP contribution in [0.4, 0.5) is 0 Å². The van der Waals surface area contributed by atoms with Crippen LogP contribution in [0.3, 0.4) is 0 Å². The average molecular weight is 159 g/mol. The number of methoxy groups -OCH3 is 1. The summed E-state index contributed by atoms with van der Waals surface area (Å²) in [5.74, 6) is 0.560. The van der Waals surface area contributed by atoms with Gasteiger partial charge < -0.3 is 15.2 Å². The minimum atomic E-state index is 0.262. The molecule has 2 unspecified atom stereocenters.